The maximum absolute atomic E-state index is 13.1. The molecule has 180 valence electrons. The molecule has 2 heterocycles. The van der Waals surface area contributed by atoms with E-state index in [4.69, 9.17) is 4.74 Å². The number of ether oxygens (including phenoxy) is 1. The van der Waals surface area contributed by atoms with Crippen LogP contribution in [0.1, 0.15) is 15.9 Å². The number of phenols is 1. The lowest BCUT2D eigenvalue weighted by Crippen LogP contribution is -2.12. The lowest BCUT2D eigenvalue weighted by molar-refractivity contribution is 0.102. The zero-order valence-corrected chi connectivity index (χ0v) is 19.4. The summed E-state index contributed by atoms with van der Waals surface area (Å²) in [6, 6.07) is 17.5. The van der Waals surface area contributed by atoms with Gasteiger partial charge >= 0.3 is 0 Å². The molecule has 37 heavy (non-hydrogen) atoms. The van der Waals surface area contributed by atoms with E-state index in [0.29, 0.717) is 28.0 Å². The molecular weight excluding hydrogens is 472 g/mol. The fraction of sp³-hybridized carbons (Fsp3) is 0.0385. The molecule has 0 spiro atoms. The average Bonchev–Trinajstić information content (AvgIpc) is 3.36. The monoisotopic (exact) mass is 490 g/mol. The van der Waals surface area contributed by atoms with Crippen molar-refractivity contribution in [3.8, 4) is 23.4 Å². The number of azo groups is 1. The quantitative estimate of drug-likeness (QED) is 0.315. The number of hydrogen-bond acceptors (Lipinski definition) is 9. The molecule has 0 aliphatic carbocycles. The maximum Gasteiger partial charge on any atom is 0.259 e. The summed E-state index contributed by atoms with van der Waals surface area (Å²) in [7, 11) is 1.55. The van der Waals surface area contributed by atoms with E-state index >= 15 is 0 Å². The van der Waals surface area contributed by atoms with E-state index in [0.717, 1.165) is 0 Å². The molecule has 0 aliphatic heterocycles. The highest BCUT2D eigenvalue weighted by Gasteiger charge is 2.20. The van der Waals surface area contributed by atoms with Crippen molar-refractivity contribution in [2.75, 3.05) is 12.4 Å². The second kappa shape index (κ2) is 9.93. The van der Waals surface area contributed by atoms with Gasteiger partial charge in [-0.3, -0.25) is 9.78 Å². The molecule has 0 bridgehead atoms. The number of methoxy groups -OCH3 is 1. The van der Waals surface area contributed by atoms with Gasteiger partial charge in [-0.25, -0.2) is 4.98 Å². The Kier molecular flexibility index (Phi) is 6.21. The average molecular weight is 490 g/mol. The molecule has 5 rings (SSSR count). The summed E-state index contributed by atoms with van der Waals surface area (Å²) in [4.78, 5) is 21.3. The second-order valence-electron chi connectivity index (χ2n) is 7.69. The van der Waals surface area contributed by atoms with Crippen LogP contribution < -0.4 is 10.1 Å². The minimum absolute atomic E-state index is 0.00593. The standard InChI is InChI=1S/C26H18N8O3/c1-37-19-8-6-18(7-9-19)31-26(36)21-12-16-4-2-3-5-20(16)23(24(21)35)32-33-25-17(13-27)14-30-34(25)22-15-28-10-11-29-22/h2-12,14-15,35H,1H3,(H,31,36). The number of fused-ring (bicyclic) bond motifs is 1. The van der Waals surface area contributed by atoms with Gasteiger partial charge in [-0.1, -0.05) is 24.3 Å². The minimum atomic E-state index is -0.535. The molecule has 11 nitrogen and oxygen atoms in total. The third kappa shape index (κ3) is 4.54. The Morgan fingerprint density at radius 2 is 1.92 bits per heavy atom. The highest BCUT2D eigenvalue weighted by molar-refractivity contribution is 6.11. The van der Waals surface area contributed by atoms with E-state index in [2.05, 4.69) is 30.6 Å². The summed E-state index contributed by atoms with van der Waals surface area (Å²) in [5.41, 5.74) is 0.736. The number of aromatic hydroxyl groups is 1. The number of anilines is 1. The molecule has 0 atom stereocenters. The van der Waals surface area contributed by atoms with E-state index in [1.54, 1.807) is 55.6 Å². The van der Waals surface area contributed by atoms with E-state index in [1.807, 2.05) is 12.1 Å². The SMILES string of the molecule is COc1ccc(NC(=O)c2cc3ccccc3c(N=Nc3c(C#N)cnn3-c3cnccn3)c2O)cc1. The lowest BCUT2D eigenvalue weighted by atomic mass is 10.0. The summed E-state index contributed by atoms with van der Waals surface area (Å²) in [6.45, 7) is 0. The van der Waals surface area contributed by atoms with Crippen LogP contribution in [0.15, 0.2) is 89.6 Å². The number of nitrogens with zero attached hydrogens (tertiary/aromatic N) is 7. The Morgan fingerprint density at radius 3 is 2.65 bits per heavy atom. The summed E-state index contributed by atoms with van der Waals surface area (Å²) < 4.78 is 6.46. The van der Waals surface area contributed by atoms with Crippen LogP contribution in [0, 0.1) is 11.3 Å². The van der Waals surface area contributed by atoms with Crippen molar-refractivity contribution in [1.29, 1.82) is 5.26 Å². The van der Waals surface area contributed by atoms with Crippen LogP contribution in [-0.4, -0.2) is 37.9 Å². The number of hydrogen-bond donors (Lipinski definition) is 2. The highest BCUT2D eigenvalue weighted by Crippen LogP contribution is 2.40. The van der Waals surface area contributed by atoms with E-state index in [9.17, 15) is 15.2 Å². The third-order valence-corrected chi connectivity index (χ3v) is 5.46. The number of rotatable bonds is 6. The fourth-order valence-electron chi connectivity index (χ4n) is 3.65. The van der Waals surface area contributed by atoms with Crippen molar-refractivity contribution in [3.05, 3.63) is 90.5 Å². The number of carbonyl (C=O) groups is 1. The summed E-state index contributed by atoms with van der Waals surface area (Å²) >= 11 is 0. The van der Waals surface area contributed by atoms with Gasteiger partial charge in [0.1, 0.15) is 23.1 Å². The van der Waals surface area contributed by atoms with E-state index in [-0.39, 0.29) is 28.4 Å². The molecule has 0 aliphatic rings. The number of amides is 1. The number of benzene rings is 3. The van der Waals surface area contributed by atoms with Crippen LogP contribution in [0.25, 0.3) is 16.6 Å². The molecule has 0 radical (unpaired) electrons. The van der Waals surface area contributed by atoms with Gasteiger partial charge < -0.3 is 15.2 Å². The lowest BCUT2D eigenvalue weighted by Gasteiger charge is -2.11. The molecule has 0 fully saturated rings. The molecule has 0 saturated heterocycles. The Balaban J connectivity index is 1.58. The maximum atomic E-state index is 13.1. The van der Waals surface area contributed by atoms with Crippen molar-refractivity contribution in [1.82, 2.24) is 19.7 Å². The van der Waals surface area contributed by atoms with Crippen molar-refractivity contribution in [2.24, 2.45) is 10.2 Å². The van der Waals surface area contributed by atoms with Gasteiger partial charge in [0.15, 0.2) is 17.4 Å². The zero-order valence-electron chi connectivity index (χ0n) is 19.4. The first-order valence-corrected chi connectivity index (χ1v) is 11.0. The third-order valence-electron chi connectivity index (χ3n) is 5.46. The van der Waals surface area contributed by atoms with Crippen LogP contribution in [0.2, 0.25) is 0 Å². The number of phenolic OH excluding ortho intramolecular Hbond substituents is 1. The Hall–Kier alpha value is -5.63. The Bertz CT molecular complexity index is 1670. The van der Waals surface area contributed by atoms with Gasteiger partial charge in [0, 0.05) is 23.5 Å². The number of aromatic nitrogens is 4. The summed E-state index contributed by atoms with van der Waals surface area (Å²) in [5.74, 6) is 0.177. The molecule has 3 aromatic carbocycles. The van der Waals surface area contributed by atoms with Crippen molar-refractivity contribution >= 4 is 33.9 Å². The van der Waals surface area contributed by atoms with Gasteiger partial charge in [-0.15, -0.1) is 10.2 Å². The Morgan fingerprint density at radius 1 is 1.11 bits per heavy atom. The van der Waals surface area contributed by atoms with Gasteiger partial charge in [0.05, 0.1) is 25.1 Å². The van der Waals surface area contributed by atoms with Crippen LogP contribution in [0.3, 0.4) is 0 Å². The molecule has 0 saturated carbocycles. The van der Waals surface area contributed by atoms with Crippen LogP contribution in [-0.2, 0) is 0 Å². The molecule has 5 aromatic rings. The molecule has 1 amide bonds. The summed E-state index contributed by atoms with van der Waals surface area (Å²) in [6.07, 6.45) is 5.78. The summed E-state index contributed by atoms with van der Waals surface area (Å²) in [5, 5.41) is 37.3. The smallest absolute Gasteiger partial charge is 0.259 e. The number of nitriles is 1. The molecule has 11 heteroatoms. The fourth-order valence-corrected chi connectivity index (χ4v) is 3.65. The second-order valence-corrected chi connectivity index (χ2v) is 7.69. The van der Waals surface area contributed by atoms with Gasteiger partial charge in [0.25, 0.3) is 5.91 Å². The molecule has 2 aromatic heterocycles. The predicted octanol–water partition coefficient (Wildman–Crippen LogP) is 5.07. The largest absolute Gasteiger partial charge is 0.505 e. The van der Waals surface area contributed by atoms with Crippen LogP contribution in [0.5, 0.6) is 11.5 Å². The van der Waals surface area contributed by atoms with Crippen molar-refractivity contribution < 1.29 is 14.6 Å². The predicted molar refractivity (Wildman–Crippen MR) is 135 cm³/mol. The molecular formula is C26H18N8O3. The van der Waals surface area contributed by atoms with Gasteiger partial charge in [-0.2, -0.15) is 15.0 Å². The normalized spacial score (nSPS) is 10.9. The van der Waals surface area contributed by atoms with Crippen molar-refractivity contribution in [3.63, 3.8) is 0 Å². The minimum Gasteiger partial charge on any atom is -0.505 e. The van der Waals surface area contributed by atoms with Crippen LogP contribution >= 0.6 is 0 Å². The van der Waals surface area contributed by atoms with Crippen LogP contribution in [0.4, 0.5) is 17.2 Å². The first kappa shape index (κ1) is 23.1. The first-order chi connectivity index (χ1) is 18.1. The van der Waals surface area contributed by atoms with Crippen molar-refractivity contribution in [2.45, 2.75) is 0 Å². The zero-order chi connectivity index (χ0) is 25.8. The molecule has 2 N–H and O–H groups in total. The topological polar surface area (TPSA) is 151 Å². The van der Waals surface area contributed by atoms with Gasteiger partial charge in [-0.05, 0) is 35.7 Å². The van der Waals surface area contributed by atoms with E-state index < -0.39 is 5.91 Å². The molecule has 0 unspecified atom stereocenters. The Labute approximate surface area is 210 Å². The number of carbonyl (C=O) groups excluding carboxylic acids is 1. The first-order valence-electron chi connectivity index (χ1n) is 11.0. The van der Waals surface area contributed by atoms with E-state index in [1.165, 1.54) is 29.5 Å². The number of nitrogens with one attached hydrogen (secondary N) is 1. The highest BCUT2D eigenvalue weighted by atomic mass is 16.5. The van der Waals surface area contributed by atoms with Gasteiger partial charge in [0.2, 0.25) is 0 Å².